The summed E-state index contributed by atoms with van der Waals surface area (Å²) in [7, 11) is 0. The van der Waals surface area contributed by atoms with E-state index in [0.717, 1.165) is 36.6 Å². The first-order chi connectivity index (χ1) is 12.4. The number of aromatic nitrogens is 2. The first-order valence-electron chi connectivity index (χ1n) is 9.16. The van der Waals surface area contributed by atoms with Crippen LogP contribution < -0.4 is 15.8 Å². The Kier molecular flexibility index (Phi) is 5.40. The van der Waals surface area contributed by atoms with E-state index in [0.29, 0.717) is 6.54 Å². The summed E-state index contributed by atoms with van der Waals surface area (Å²) in [6.45, 7) is 7.60. The van der Waals surface area contributed by atoms with E-state index < -0.39 is 0 Å². The number of aromatic amines is 1. The first kappa shape index (κ1) is 18.2. The number of carbonyl (C=O) groups is 1. The Morgan fingerprint density at radius 2 is 2.12 bits per heavy atom. The van der Waals surface area contributed by atoms with Gasteiger partial charge in [-0.1, -0.05) is 19.9 Å². The standard InChI is InChI=1S/C20H26N4O2/c1-13(2)17-10-9-16(20(26)23-17)19(25)22-15-7-5-11-24(12-15)18-8-4-6-14(3)21-18/h4,6,8-10,13,15H,5,7,11-12H2,1-3H3,(H,22,25)(H,23,26). The van der Waals surface area contributed by atoms with Crippen molar-refractivity contribution < 1.29 is 4.79 Å². The second-order valence-electron chi connectivity index (χ2n) is 7.21. The van der Waals surface area contributed by atoms with Crippen molar-refractivity contribution in [2.45, 2.75) is 45.6 Å². The van der Waals surface area contributed by atoms with E-state index in [1.54, 1.807) is 6.07 Å². The Morgan fingerprint density at radius 3 is 2.81 bits per heavy atom. The molecule has 0 spiro atoms. The molecule has 138 valence electrons. The van der Waals surface area contributed by atoms with E-state index in [9.17, 15) is 9.59 Å². The number of carbonyl (C=O) groups excluding carboxylic acids is 1. The molecule has 0 aromatic carbocycles. The number of rotatable bonds is 4. The van der Waals surface area contributed by atoms with E-state index in [-0.39, 0.29) is 29.0 Å². The summed E-state index contributed by atoms with van der Waals surface area (Å²) < 4.78 is 0. The molecule has 1 aliphatic rings. The number of nitrogens with zero attached hydrogens (tertiary/aromatic N) is 2. The van der Waals surface area contributed by atoms with Crippen LogP contribution in [-0.2, 0) is 0 Å². The highest BCUT2D eigenvalue weighted by Crippen LogP contribution is 2.18. The average molecular weight is 354 g/mol. The number of hydrogen-bond acceptors (Lipinski definition) is 4. The number of hydrogen-bond donors (Lipinski definition) is 2. The summed E-state index contributed by atoms with van der Waals surface area (Å²) in [6, 6.07) is 9.39. The zero-order chi connectivity index (χ0) is 18.7. The summed E-state index contributed by atoms with van der Waals surface area (Å²) >= 11 is 0. The number of piperidine rings is 1. The van der Waals surface area contributed by atoms with E-state index in [1.165, 1.54) is 0 Å². The molecular formula is C20H26N4O2. The van der Waals surface area contributed by atoms with E-state index in [1.807, 2.05) is 45.0 Å². The van der Waals surface area contributed by atoms with Gasteiger partial charge in [-0.25, -0.2) is 4.98 Å². The van der Waals surface area contributed by atoms with Gasteiger partial charge in [0.15, 0.2) is 0 Å². The molecule has 0 saturated carbocycles. The first-order valence-corrected chi connectivity index (χ1v) is 9.16. The van der Waals surface area contributed by atoms with E-state index in [4.69, 9.17) is 0 Å². The summed E-state index contributed by atoms with van der Waals surface area (Å²) in [5.74, 6) is 0.835. The molecule has 2 aromatic rings. The van der Waals surface area contributed by atoms with Crippen LogP contribution in [0.3, 0.4) is 0 Å². The second-order valence-corrected chi connectivity index (χ2v) is 7.21. The fourth-order valence-electron chi connectivity index (χ4n) is 3.28. The van der Waals surface area contributed by atoms with Gasteiger partial charge in [0.2, 0.25) is 0 Å². The van der Waals surface area contributed by atoms with Crippen molar-refractivity contribution in [2.24, 2.45) is 0 Å². The van der Waals surface area contributed by atoms with Gasteiger partial charge in [0.05, 0.1) is 0 Å². The van der Waals surface area contributed by atoms with Crippen molar-refractivity contribution in [3.8, 4) is 0 Å². The SMILES string of the molecule is Cc1cccc(N2CCCC(NC(=O)c3ccc(C(C)C)[nH]c3=O)C2)n1. The van der Waals surface area contributed by atoms with Gasteiger partial charge in [-0.05, 0) is 49.9 Å². The van der Waals surface area contributed by atoms with Gasteiger partial charge < -0.3 is 15.2 Å². The van der Waals surface area contributed by atoms with Crippen molar-refractivity contribution in [1.82, 2.24) is 15.3 Å². The minimum Gasteiger partial charge on any atom is -0.355 e. The molecule has 1 atom stereocenters. The monoisotopic (exact) mass is 354 g/mol. The molecular weight excluding hydrogens is 328 g/mol. The molecule has 0 bridgehead atoms. The maximum absolute atomic E-state index is 12.5. The smallest absolute Gasteiger partial charge is 0.261 e. The van der Waals surface area contributed by atoms with Crippen LogP contribution >= 0.6 is 0 Å². The number of pyridine rings is 2. The van der Waals surface area contributed by atoms with E-state index >= 15 is 0 Å². The number of H-pyrrole nitrogens is 1. The number of nitrogens with one attached hydrogen (secondary N) is 2. The van der Waals surface area contributed by atoms with Gasteiger partial charge in [-0.15, -0.1) is 0 Å². The predicted molar refractivity (Wildman–Crippen MR) is 103 cm³/mol. The summed E-state index contributed by atoms with van der Waals surface area (Å²) in [5, 5.41) is 3.01. The molecule has 1 saturated heterocycles. The zero-order valence-electron chi connectivity index (χ0n) is 15.6. The van der Waals surface area contributed by atoms with Crippen LogP contribution in [0.15, 0.2) is 35.1 Å². The fourth-order valence-corrected chi connectivity index (χ4v) is 3.28. The zero-order valence-corrected chi connectivity index (χ0v) is 15.6. The van der Waals surface area contributed by atoms with Crippen LogP contribution in [0.2, 0.25) is 0 Å². The lowest BCUT2D eigenvalue weighted by atomic mass is 10.0. The lowest BCUT2D eigenvalue weighted by molar-refractivity contribution is 0.0931. The molecule has 2 aromatic heterocycles. The van der Waals surface area contributed by atoms with Crippen molar-refractivity contribution >= 4 is 11.7 Å². The highest BCUT2D eigenvalue weighted by molar-refractivity contribution is 5.94. The van der Waals surface area contributed by atoms with Gasteiger partial charge in [-0.2, -0.15) is 0 Å². The molecule has 1 aliphatic heterocycles. The quantitative estimate of drug-likeness (QED) is 0.885. The Hall–Kier alpha value is -2.63. The van der Waals surface area contributed by atoms with Crippen molar-refractivity contribution in [3.63, 3.8) is 0 Å². The molecule has 0 radical (unpaired) electrons. The Bertz CT molecular complexity index is 844. The maximum Gasteiger partial charge on any atom is 0.261 e. The lowest BCUT2D eigenvalue weighted by Gasteiger charge is -2.34. The third kappa shape index (κ3) is 4.12. The van der Waals surface area contributed by atoms with Crippen LogP contribution in [-0.4, -0.2) is 35.0 Å². The van der Waals surface area contributed by atoms with Gasteiger partial charge in [0.25, 0.3) is 11.5 Å². The maximum atomic E-state index is 12.5. The Labute approximate surface area is 153 Å². The number of anilines is 1. The van der Waals surface area contributed by atoms with Crippen LogP contribution in [0, 0.1) is 6.92 Å². The minimum absolute atomic E-state index is 0.00253. The van der Waals surface area contributed by atoms with Crippen LogP contribution in [0.1, 0.15) is 54.4 Å². The van der Waals surface area contributed by atoms with Crippen LogP contribution in [0.25, 0.3) is 0 Å². The number of amides is 1. The molecule has 3 heterocycles. The van der Waals surface area contributed by atoms with Crippen molar-refractivity contribution in [1.29, 1.82) is 0 Å². The highest BCUT2D eigenvalue weighted by atomic mass is 16.2. The topological polar surface area (TPSA) is 78.1 Å². The molecule has 1 unspecified atom stereocenters. The normalized spacial score (nSPS) is 17.4. The molecule has 6 nitrogen and oxygen atoms in total. The van der Waals surface area contributed by atoms with Crippen molar-refractivity contribution in [2.75, 3.05) is 18.0 Å². The third-order valence-corrected chi connectivity index (χ3v) is 4.75. The highest BCUT2D eigenvalue weighted by Gasteiger charge is 2.23. The lowest BCUT2D eigenvalue weighted by Crippen LogP contribution is -2.48. The molecule has 0 aliphatic carbocycles. The van der Waals surface area contributed by atoms with Gasteiger partial charge in [-0.3, -0.25) is 9.59 Å². The van der Waals surface area contributed by atoms with Crippen LogP contribution in [0.4, 0.5) is 5.82 Å². The molecule has 2 N–H and O–H groups in total. The minimum atomic E-state index is -0.332. The molecule has 1 amide bonds. The van der Waals surface area contributed by atoms with Crippen LogP contribution in [0.5, 0.6) is 0 Å². The second kappa shape index (κ2) is 7.72. The molecule has 26 heavy (non-hydrogen) atoms. The average Bonchev–Trinajstić information content (AvgIpc) is 2.61. The fraction of sp³-hybridized carbons (Fsp3) is 0.450. The third-order valence-electron chi connectivity index (χ3n) is 4.75. The van der Waals surface area contributed by atoms with Crippen molar-refractivity contribution in [3.05, 3.63) is 57.6 Å². The van der Waals surface area contributed by atoms with Gasteiger partial charge >= 0.3 is 0 Å². The van der Waals surface area contributed by atoms with E-state index in [2.05, 4.69) is 20.2 Å². The summed E-state index contributed by atoms with van der Waals surface area (Å²) in [6.07, 6.45) is 1.87. The Balaban J connectivity index is 1.68. The summed E-state index contributed by atoms with van der Waals surface area (Å²) in [4.78, 5) is 34.3. The van der Waals surface area contributed by atoms with Gasteiger partial charge in [0.1, 0.15) is 11.4 Å². The van der Waals surface area contributed by atoms with Gasteiger partial charge in [0, 0.05) is 30.5 Å². The molecule has 6 heteroatoms. The Morgan fingerprint density at radius 1 is 1.31 bits per heavy atom. The number of aryl methyl sites for hydroxylation is 1. The largest absolute Gasteiger partial charge is 0.355 e. The molecule has 3 rings (SSSR count). The molecule has 1 fully saturated rings. The predicted octanol–water partition coefficient (Wildman–Crippen LogP) is 2.60. The summed E-state index contributed by atoms with van der Waals surface area (Å²) in [5.41, 5.74) is 1.65.